The molecule has 1 aliphatic rings. The third-order valence-corrected chi connectivity index (χ3v) is 4.66. The molecule has 0 saturated heterocycles. The Labute approximate surface area is 163 Å². The van der Waals surface area contributed by atoms with Crippen molar-refractivity contribution in [3.8, 4) is 5.75 Å². The molecule has 1 N–H and O–H groups in total. The highest BCUT2D eigenvalue weighted by atomic mass is 16.5. The lowest BCUT2D eigenvalue weighted by atomic mass is 10.0. The monoisotopic (exact) mass is 378 g/mol. The first-order valence-electron chi connectivity index (χ1n) is 9.17. The van der Waals surface area contributed by atoms with Gasteiger partial charge in [0.05, 0.1) is 25.0 Å². The summed E-state index contributed by atoms with van der Waals surface area (Å²) < 4.78 is 16.3. The zero-order chi connectivity index (χ0) is 19.3. The van der Waals surface area contributed by atoms with Crippen LogP contribution in [0.4, 0.5) is 5.69 Å². The number of anilines is 1. The molecule has 6 heteroatoms. The average Bonchev–Trinajstić information content (AvgIpc) is 3.24. The van der Waals surface area contributed by atoms with E-state index in [1.807, 2.05) is 60.7 Å². The molecule has 6 nitrogen and oxygen atoms in total. The largest absolute Gasteiger partial charge is 0.491 e. The highest BCUT2D eigenvalue weighted by molar-refractivity contribution is 6.01. The summed E-state index contributed by atoms with van der Waals surface area (Å²) in [6.07, 6.45) is 1.28. The number of rotatable bonds is 7. The van der Waals surface area contributed by atoms with Gasteiger partial charge in [0.25, 0.3) is 5.91 Å². The Bertz CT molecular complexity index is 939. The van der Waals surface area contributed by atoms with Crippen LogP contribution in [0.25, 0.3) is 0 Å². The zero-order valence-electron chi connectivity index (χ0n) is 15.6. The Morgan fingerprint density at radius 1 is 1.07 bits per heavy atom. The van der Waals surface area contributed by atoms with E-state index in [9.17, 15) is 4.79 Å². The van der Waals surface area contributed by atoms with Crippen molar-refractivity contribution in [3.63, 3.8) is 0 Å². The van der Waals surface area contributed by atoms with Crippen LogP contribution in [0.3, 0.4) is 0 Å². The number of para-hydroxylation sites is 1. The fraction of sp³-hybridized carbons (Fsp3) is 0.227. The quantitative estimate of drug-likeness (QED) is 0.628. The van der Waals surface area contributed by atoms with Crippen molar-refractivity contribution in [2.75, 3.05) is 25.6 Å². The zero-order valence-corrected chi connectivity index (χ0v) is 15.6. The van der Waals surface area contributed by atoms with Crippen molar-refractivity contribution in [1.29, 1.82) is 0 Å². The molecule has 1 amide bonds. The van der Waals surface area contributed by atoms with Crippen molar-refractivity contribution in [2.24, 2.45) is 0 Å². The van der Waals surface area contributed by atoms with E-state index in [4.69, 9.17) is 13.9 Å². The first-order valence-corrected chi connectivity index (χ1v) is 9.17. The minimum Gasteiger partial charge on any atom is -0.491 e. The number of amides is 1. The van der Waals surface area contributed by atoms with Crippen molar-refractivity contribution >= 4 is 11.6 Å². The molecule has 0 bridgehead atoms. The van der Waals surface area contributed by atoms with E-state index in [0.29, 0.717) is 25.3 Å². The Hall–Kier alpha value is -3.25. The van der Waals surface area contributed by atoms with E-state index in [0.717, 1.165) is 22.8 Å². The molecule has 0 radical (unpaired) electrons. The van der Waals surface area contributed by atoms with Crippen LogP contribution in [0.1, 0.15) is 27.8 Å². The van der Waals surface area contributed by atoms with Gasteiger partial charge in [0.1, 0.15) is 24.3 Å². The van der Waals surface area contributed by atoms with E-state index >= 15 is 0 Å². The molecule has 3 aromatic rings. The average molecular weight is 378 g/mol. The van der Waals surface area contributed by atoms with Gasteiger partial charge in [-0.05, 0) is 42.0 Å². The predicted molar refractivity (Wildman–Crippen MR) is 105 cm³/mol. The number of carbonyl (C=O) groups is 1. The van der Waals surface area contributed by atoms with Gasteiger partial charge in [-0.1, -0.05) is 24.3 Å². The number of hydrogen-bond donors (Lipinski definition) is 1. The van der Waals surface area contributed by atoms with Crippen molar-refractivity contribution in [3.05, 3.63) is 83.8 Å². The summed E-state index contributed by atoms with van der Waals surface area (Å²) in [6, 6.07) is 19.0. The van der Waals surface area contributed by atoms with Crippen LogP contribution >= 0.6 is 0 Å². The van der Waals surface area contributed by atoms with E-state index in [-0.39, 0.29) is 12.1 Å². The van der Waals surface area contributed by atoms with Crippen LogP contribution in [0.5, 0.6) is 5.75 Å². The smallest absolute Gasteiger partial charge is 0.258 e. The summed E-state index contributed by atoms with van der Waals surface area (Å²) in [5.41, 5.74) is 2.40. The van der Waals surface area contributed by atoms with Crippen LogP contribution in [-0.2, 0) is 11.3 Å². The number of methoxy groups -OCH3 is 1. The second-order valence-corrected chi connectivity index (χ2v) is 6.52. The maximum atomic E-state index is 13.2. The molecule has 0 spiro atoms. The van der Waals surface area contributed by atoms with E-state index < -0.39 is 0 Å². The van der Waals surface area contributed by atoms with Crippen LogP contribution in [0.15, 0.2) is 71.3 Å². The van der Waals surface area contributed by atoms with Crippen molar-refractivity contribution < 1.29 is 18.7 Å². The Kier molecular flexibility index (Phi) is 5.30. The summed E-state index contributed by atoms with van der Waals surface area (Å²) >= 11 is 0. The number of carbonyl (C=O) groups excluding carboxylic acids is 1. The van der Waals surface area contributed by atoms with Crippen molar-refractivity contribution in [2.45, 2.75) is 12.7 Å². The summed E-state index contributed by atoms with van der Waals surface area (Å²) in [7, 11) is 1.64. The molecule has 1 aromatic heterocycles. The molecule has 1 atom stereocenters. The third-order valence-electron chi connectivity index (χ3n) is 4.66. The SMILES string of the molecule is COCCOc1cccc(C2Nc3ccccc3C(=O)N2Cc2ccco2)c1. The normalized spacial score (nSPS) is 15.8. The van der Waals surface area contributed by atoms with Gasteiger partial charge in [0.2, 0.25) is 0 Å². The fourth-order valence-electron chi connectivity index (χ4n) is 3.31. The molecule has 0 saturated carbocycles. The summed E-state index contributed by atoms with van der Waals surface area (Å²) in [4.78, 5) is 15.0. The molecule has 0 aliphatic carbocycles. The molecule has 0 fully saturated rings. The Balaban J connectivity index is 1.66. The molecule has 2 aromatic carbocycles. The number of nitrogens with zero attached hydrogens (tertiary/aromatic N) is 1. The topological polar surface area (TPSA) is 63.9 Å². The van der Waals surface area contributed by atoms with E-state index in [1.165, 1.54) is 0 Å². The number of fused-ring (bicyclic) bond motifs is 1. The highest BCUT2D eigenvalue weighted by Gasteiger charge is 2.33. The molecule has 144 valence electrons. The lowest BCUT2D eigenvalue weighted by Gasteiger charge is -2.37. The number of hydrogen-bond acceptors (Lipinski definition) is 5. The molecule has 1 aliphatic heterocycles. The lowest BCUT2D eigenvalue weighted by Crippen LogP contribution is -2.42. The lowest BCUT2D eigenvalue weighted by molar-refractivity contribution is 0.0651. The maximum absolute atomic E-state index is 13.2. The molecule has 4 rings (SSSR count). The molecular weight excluding hydrogens is 356 g/mol. The highest BCUT2D eigenvalue weighted by Crippen LogP contribution is 2.35. The first kappa shape index (κ1) is 18.1. The standard InChI is InChI=1S/C22H22N2O4/c1-26-12-13-28-17-7-4-6-16(14-17)21-23-20-10-3-2-9-19(20)22(25)24(21)15-18-8-5-11-27-18/h2-11,14,21,23H,12-13,15H2,1H3. The second-order valence-electron chi connectivity index (χ2n) is 6.52. The van der Waals surface area contributed by atoms with Crippen LogP contribution < -0.4 is 10.1 Å². The van der Waals surface area contributed by atoms with Gasteiger partial charge in [-0.25, -0.2) is 0 Å². The molecule has 28 heavy (non-hydrogen) atoms. The Morgan fingerprint density at radius 2 is 1.96 bits per heavy atom. The van der Waals surface area contributed by atoms with E-state index in [1.54, 1.807) is 18.3 Å². The summed E-state index contributed by atoms with van der Waals surface area (Å²) in [5, 5.41) is 3.48. The van der Waals surface area contributed by atoms with Gasteiger partial charge in [-0.2, -0.15) is 0 Å². The van der Waals surface area contributed by atoms with Crippen LogP contribution in [0, 0.1) is 0 Å². The summed E-state index contributed by atoms with van der Waals surface area (Å²) in [6.45, 7) is 1.35. The second kappa shape index (κ2) is 8.19. The molecular formula is C22H22N2O4. The molecule has 2 heterocycles. The van der Waals surface area contributed by atoms with Gasteiger partial charge in [-0.15, -0.1) is 0 Å². The number of furan rings is 1. The van der Waals surface area contributed by atoms with Gasteiger partial charge >= 0.3 is 0 Å². The number of nitrogens with one attached hydrogen (secondary N) is 1. The predicted octanol–water partition coefficient (Wildman–Crippen LogP) is 4.07. The fourth-order valence-corrected chi connectivity index (χ4v) is 3.31. The maximum Gasteiger partial charge on any atom is 0.258 e. The van der Waals surface area contributed by atoms with Crippen molar-refractivity contribution in [1.82, 2.24) is 4.90 Å². The minimum atomic E-state index is -0.335. The minimum absolute atomic E-state index is 0.0403. The molecule has 1 unspecified atom stereocenters. The third kappa shape index (κ3) is 3.73. The number of benzene rings is 2. The Morgan fingerprint density at radius 3 is 2.79 bits per heavy atom. The van der Waals surface area contributed by atoms with Gasteiger partial charge in [0.15, 0.2) is 0 Å². The van der Waals surface area contributed by atoms with Crippen LogP contribution in [-0.4, -0.2) is 31.1 Å². The van der Waals surface area contributed by atoms with E-state index in [2.05, 4.69) is 5.32 Å². The van der Waals surface area contributed by atoms with Gasteiger partial charge in [-0.3, -0.25) is 4.79 Å². The number of ether oxygens (including phenoxy) is 2. The van der Waals surface area contributed by atoms with Gasteiger partial charge in [0, 0.05) is 12.8 Å². The first-order chi connectivity index (χ1) is 13.8. The van der Waals surface area contributed by atoms with Gasteiger partial charge < -0.3 is 24.1 Å². The summed E-state index contributed by atoms with van der Waals surface area (Å²) in [5.74, 6) is 1.43. The van der Waals surface area contributed by atoms with Crippen LogP contribution in [0.2, 0.25) is 0 Å².